The molecule has 0 amide bonds. The Morgan fingerprint density at radius 1 is 0.519 bits per heavy atom. The van der Waals surface area contributed by atoms with Gasteiger partial charge in [0.2, 0.25) is 0 Å². The summed E-state index contributed by atoms with van der Waals surface area (Å²) in [6, 6.07) is 21.0. The van der Waals surface area contributed by atoms with Crippen LogP contribution in [0.4, 0.5) is 0 Å². The second-order valence-corrected chi connectivity index (χ2v) is 20.3. The molecule has 0 aliphatic heterocycles. The zero-order chi connectivity index (χ0) is 37.8. The maximum Gasteiger partial charge on any atom is 0.306 e. The Labute approximate surface area is 320 Å². The summed E-state index contributed by atoms with van der Waals surface area (Å²) >= 11 is 0. The number of rotatable bonds is 31. The quantitative estimate of drug-likeness (QED) is 0.0438. The molecule has 0 heterocycles. The Morgan fingerprint density at radius 2 is 0.885 bits per heavy atom. The Balaban J connectivity index is 1.97. The molecule has 2 aromatic rings. The number of benzene rings is 2. The van der Waals surface area contributed by atoms with E-state index >= 15 is 0 Å². The Bertz CT molecular complexity index is 1120. The maximum atomic E-state index is 13.2. The molecule has 2 rings (SSSR count). The molecule has 0 spiro atoms. The molecule has 1 unspecified atom stereocenters. The first-order valence-corrected chi connectivity index (χ1v) is 23.3. The largest absolute Gasteiger partial charge is 0.462 e. The molecule has 52 heavy (non-hydrogen) atoms. The minimum Gasteiger partial charge on any atom is -0.462 e. The summed E-state index contributed by atoms with van der Waals surface area (Å²) in [5.41, 5.74) is 0. The van der Waals surface area contributed by atoms with Crippen LogP contribution in [0.1, 0.15) is 182 Å². The van der Waals surface area contributed by atoms with E-state index in [2.05, 4.69) is 83.1 Å². The van der Waals surface area contributed by atoms with Gasteiger partial charge in [-0.25, -0.2) is 0 Å². The van der Waals surface area contributed by atoms with E-state index in [1.54, 1.807) is 0 Å². The molecule has 0 aliphatic carbocycles. The van der Waals surface area contributed by atoms with Crippen LogP contribution in [0.25, 0.3) is 0 Å². The van der Waals surface area contributed by atoms with Crippen LogP contribution in [-0.4, -0.2) is 39.6 Å². The highest BCUT2D eigenvalue weighted by Gasteiger charge is 2.50. The summed E-state index contributed by atoms with van der Waals surface area (Å²) in [5.74, 6) is -0.464. The first-order chi connectivity index (χ1) is 25.2. The molecule has 5 nitrogen and oxygen atoms in total. The summed E-state index contributed by atoms with van der Waals surface area (Å²) in [6.07, 6.45) is 25.8. The van der Waals surface area contributed by atoms with Crippen LogP contribution in [0, 0.1) is 0 Å². The van der Waals surface area contributed by atoms with Crippen LogP contribution >= 0.6 is 0 Å². The van der Waals surface area contributed by atoms with E-state index in [-0.39, 0.29) is 30.2 Å². The van der Waals surface area contributed by atoms with Gasteiger partial charge in [-0.3, -0.25) is 9.59 Å². The molecule has 0 N–H and O–H groups in total. The zero-order valence-electron chi connectivity index (χ0n) is 34.1. The van der Waals surface area contributed by atoms with Gasteiger partial charge < -0.3 is 13.9 Å². The lowest BCUT2D eigenvalue weighted by Gasteiger charge is -2.43. The molecule has 2 aromatic carbocycles. The van der Waals surface area contributed by atoms with Crippen LogP contribution in [0.2, 0.25) is 5.04 Å². The summed E-state index contributed by atoms with van der Waals surface area (Å²) < 4.78 is 18.9. The van der Waals surface area contributed by atoms with Gasteiger partial charge in [0.15, 0.2) is 6.10 Å². The summed E-state index contributed by atoms with van der Waals surface area (Å²) in [7, 11) is -2.85. The molecular formula is C46H76O5Si. The second-order valence-electron chi connectivity index (χ2n) is 16.0. The highest BCUT2D eigenvalue weighted by molar-refractivity contribution is 6.99. The van der Waals surface area contributed by atoms with E-state index in [4.69, 9.17) is 13.9 Å². The molecule has 0 bridgehead atoms. The van der Waals surface area contributed by atoms with Gasteiger partial charge in [0.05, 0.1) is 6.61 Å². The molecule has 0 saturated heterocycles. The first kappa shape index (κ1) is 45.7. The number of hydrogen-bond donors (Lipinski definition) is 0. The van der Waals surface area contributed by atoms with Crippen molar-refractivity contribution in [2.45, 2.75) is 193 Å². The SMILES string of the molecule is CCCCCCCCCCCCCC(=O)OCC(CO[Si](c1ccccc1)(c1ccccc1)C(C)(C)C)OC(=O)CCCCCCCCCCCC. The van der Waals surface area contributed by atoms with Gasteiger partial charge in [-0.15, -0.1) is 0 Å². The van der Waals surface area contributed by atoms with Gasteiger partial charge in [-0.1, -0.05) is 217 Å². The molecule has 0 aliphatic rings. The minimum absolute atomic E-state index is 0.0127. The monoisotopic (exact) mass is 737 g/mol. The zero-order valence-corrected chi connectivity index (χ0v) is 35.1. The number of carbonyl (C=O) groups excluding carboxylic acids is 2. The molecule has 1 atom stereocenters. The molecule has 0 radical (unpaired) electrons. The average Bonchev–Trinajstić information content (AvgIpc) is 3.14. The van der Waals surface area contributed by atoms with Gasteiger partial charge in [-0.05, 0) is 28.3 Å². The van der Waals surface area contributed by atoms with Gasteiger partial charge in [0, 0.05) is 12.8 Å². The number of hydrogen-bond acceptors (Lipinski definition) is 5. The van der Waals surface area contributed by atoms with Crippen molar-refractivity contribution in [1.82, 2.24) is 0 Å². The van der Waals surface area contributed by atoms with Crippen LogP contribution < -0.4 is 10.4 Å². The maximum absolute atomic E-state index is 13.2. The van der Waals surface area contributed by atoms with Crippen molar-refractivity contribution in [1.29, 1.82) is 0 Å². The highest BCUT2D eigenvalue weighted by atomic mass is 28.4. The van der Waals surface area contributed by atoms with Gasteiger partial charge >= 0.3 is 11.9 Å². The first-order valence-electron chi connectivity index (χ1n) is 21.3. The fourth-order valence-electron chi connectivity index (χ4n) is 7.29. The van der Waals surface area contributed by atoms with Crippen molar-refractivity contribution in [3.8, 4) is 0 Å². The van der Waals surface area contributed by atoms with E-state index in [1.165, 1.54) is 96.3 Å². The molecule has 0 aromatic heterocycles. The predicted molar refractivity (Wildman–Crippen MR) is 222 cm³/mol. The normalized spacial score (nSPS) is 12.5. The van der Waals surface area contributed by atoms with Crippen molar-refractivity contribution < 1.29 is 23.5 Å². The number of unbranched alkanes of at least 4 members (excludes halogenated alkanes) is 19. The van der Waals surface area contributed by atoms with Crippen LogP contribution in [0.15, 0.2) is 60.7 Å². The van der Waals surface area contributed by atoms with Crippen molar-refractivity contribution in [3.63, 3.8) is 0 Å². The third-order valence-electron chi connectivity index (χ3n) is 10.3. The van der Waals surface area contributed by atoms with Crippen molar-refractivity contribution >= 4 is 30.6 Å². The fourth-order valence-corrected chi connectivity index (χ4v) is 11.9. The minimum atomic E-state index is -2.85. The molecular weight excluding hydrogens is 661 g/mol. The van der Waals surface area contributed by atoms with E-state index in [9.17, 15) is 9.59 Å². The lowest BCUT2D eigenvalue weighted by Crippen LogP contribution is -2.67. The second kappa shape index (κ2) is 28.1. The van der Waals surface area contributed by atoms with Crippen molar-refractivity contribution in [2.24, 2.45) is 0 Å². The van der Waals surface area contributed by atoms with Crippen molar-refractivity contribution in [3.05, 3.63) is 60.7 Å². The van der Waals surface area contributed by atoms with Gasteiger partial charge in [0.1, 0.15) is 6.61 Å². The standard InChI is InChI=1S/C46H76O5Si/c1-6-8-10-12-14-16-18-20-21-23-31-37-44(47)49-39-41(51-45(48)38-32-24-22-19-17-15-13-11-9-7-2)40-50-52(46(3,4)5,42-33-27-25-28-34-42)43-35-29-26-30-36-43/h25-30,33-36,41H,6-24,31-32,37-40H2,1-5H3. The third kappa shape index (κ3) is 18.5. The van der Waals surface area contributed by atoms with E-state index in [0.717, 1.165) is 48.9 Å². The lowest BCUT2D eigenvalue weighted by molar-refractivity contribution is -0.161. The predicted octanol–water partition coefficient (Wildman–Crippen LogP) is 12.0. The van der Waals surface area contributed by atoms with Gasteiger partial charge in [0.25, 0.3) is 8.32 Å². The summed E-state index contributed by atoms with van der Waals surface area (Å²) in [5, 5.41) is 2.11. The number of carbonyl (C=O) groups is 2. The fraction of sp³-hybridized carbons (Fsp3) is 0.696. The molecule has 0 fully saturated rings. The Hall–Kier alpha value is -2.44. The van der Waals surface area contributed by atoms with Crippen LogP contribution in [-0.2, 0) is 23.5 Å². The van der Waals surface area contributed by atoms with Gasteiger partial charge in [-0.2, -0.15) is 0 Å². The highest BCUT2D eigenvalue weighted by Crippen LogP contribution is 2.37. The van der Waals surface area contributed by atoms with E-state index < -0.39 is 14.4 Å². The average molecular weight is 737 g/mol. The third-order valence-corrected chi connectivity index (χ3v) is 15.4. The van der Waals surface area contributed by atoms with E-state index in [1.807, 2.05) is 12.1 Å². The molecule has 6 heteroatoms. The number of ether oxygens (including phenoxy) is 2. The smallest absolute Gasteiger partial charge is 0.306 e. The molecule has 294 valence electrons. The Morgan fingerprint density at radius 3 is 1.27 bits per heavy atom. The van der Waals surface area contributed by atoms with E-state index in [0.29, 0.717) is 12.8 Å². The van der Waals surface area contributed by atoms with Crippen molar-refractivity contribution in [2.75, 3.05) is 13.2 Å². The summed E-state index contributed by atoms with van der Waals surface area (Å²) in [6.45, 7) is 11.4. The topological polar surface area (TPSA) is 61.8 Å². The molecule has 0 saturated carbocycles. The number of esters is 2. The van der Waals surface area contributed by atoms with Crippen LogP contribution in [0.3, 0.4) is 0 Å². The summed E-state index contributed by atoms with van der Waals surface area (Å²) in [4.78, 5) is 26.0. The Kier molecular flexibility index (Phi) is 24.7. The van der Waals surface area contributed by atoms with Crippen LogP contribution in [0.5, 0.6) is 0 Å². The lowest BCUT2D eigenvalue weighted by atomic mass is 10.1.